The lowest BCUT2D eigenvalue weighted by atomic mass is 10.1. The number of likely N-dealkylation sites (N-methyl/N-ethyl adjacent to an activating group) is 1. The van der Waals surface area contributed by atoms with Crippen molar-refractivity contribution in [1.82, 2.24) is 25.1 Å². The zero-order valence-electron chi connectivity index (χ0n) is 20.8. The first-order chi connectivity index (χ1) is 17.9. The molecule has 1 atom stereocenters. The average molecular weight is 569 g/mol. The van der Waals surface area contributed by atoms with Crippen LogP contribution in [-0.4, -0.2) is 64.0 Å². The molecule has 1 aromatic carbocycles. The summed E-state index contributed by atoms with van der Waals surface area (Å²) in [6, 6.07) is 5.87. The van der Waals surface area contributed by atoms with E-state index in [0.717, 1.165) is 10.9 Å². The number of halogens is 4. The number of aryl methyl sites for hydroxylation is 1. The van der Waals surface area contributed by atoms with E-state index in [1.165, 1.54) is 50.3 Å². The fourth-order valence-corrected chi connectivity index (χ4v) is 3.99. The summed E-state index contributed by atoms with van der Waals surface area (Å²) in [7, 11) is 3.07. The van der Waals surface area contributed by atoms with Crippen molar-refractivity contribution in [2.75, 3.05) is 19.4 Å². The molecule has 0 radical (unpaired) electrons. The minimum atomic E-state index is -2.76. The number of pyridine rings is 1. The summed E-state index contributed by atoms with van der Waals surface area (Å²) in [5, 5.41) is 6.88. The largest absolute Gasteiger partial charge is 0.346 e. The van der Waals surface area contributed by atoms with Crippen LogP contribution in [0.3, 0.4) is 0 Å². The number of anilines is 1. The number of amides is 3. The molecule has 3 rings (SSSR count). The van der Waals surface area contributed by atoms with Crippen molar-refractivity contribution >= 4 is 46.6 Å². The van der Waals surface area contributed by atoms with E-state index in [2.05, 4.69) is 20.9 Å². The Bertz CT molecular complexity index is 1370. The maximum Gasteiger partial charge on any atom is 0.277 e. The lowest BCUT2D eigenvalue weighted by molar-refractivity contribution is -0.143. The van der Waals surface area contributed by atoms with Crippen LogP contribution in [0.1, 0.15) is 33.2 Å². The smallest absolute Gasteiger partial charge is 0.277 e. The second-order valence-corrected chi connectivity index (χ2v) is 9.18. The van der Waals surface area contributed by atoms with Crippen LogP contribution in [0.15, 0.2) is 36.7 Å². The molecule has 2 N–H and O–H groups in total. The number of hydrogen-bond acceptors (Lipinski definition) is 6. The first-order valence-electron chi connectivity index (χ1n) is 11.1. The summed E-state index contributed by atoms with van der Waals surface area (Å²) < 4.78 is 27.4. The Morgan fingerprint density at radius 3 is 2.50 bits per heavy atom. The molecule has 0 aliphatic carbocycles. The Kier molecular flexibility index (Phi) is 9.36. The highest BCUT2D eigenvalue weighted by atomic mass is 35.5. The number of carbonyl (C=O) groups is 3. The monoisotopic (exact) mass is 568 g/mol. The number of benzene rings is 1. The van der Waals surface area contributed by atoms with Crippen molar-refractivity contribution < 1.29 is 28.0 Å². The Hall–Kier alpha value is -3.61. The van der Waals surface area contributed by atoms with Crippen LogP contribution in [0, 0.1) is 6.92 Å². The van der Waals surface area contributed by atoms with Gasteiger partial charge in [-0.2, -0.15) is 5.10 Å². The highest BCUT2D eigenvalue weighted by Gasteiger charge is 2.26. The topological polar surface area (TPSA) is 118 Å². The molecule has 0 fully saturated rings. The Labute approximate surface area is 226 Å². The summed E-state index contributed by atoms with van der Waals surface area (Å²) >= 11 is 12.4. The Morgan fingerprint density at radius 2 is 1.87 bits per heavy atom. The lowest BCUT2D eigenvalue weighted by Crippen LogP contribution is -2.39. The van der Waals surface area contributed by atoms with Crippen LogP contribution in [0.2, 0.25) is 10.0 Å². The summed E-state index contributed by atoms with van der Waals surface area (Å²) in [6.45, 7) is 2.26. The fourth-order valence-electron chi connectivity index (χ4n) is 3.51. The Balaban J connectivity index is 1.96. The molecule has 10 nitrogen and oxygen atoms in total. The van der Waals surface area contributed by atoms with E-state index in [9.17, 15) is 23.2 Å². The molecule has 202 valence electrons. The first kappa shape index (κ1) is 29.0. The molecular formula is C24H24Cl2F2N6O4. The number of alkyl halides is 2. The average Bonchev–Trinajstić information content (AvgIpc) is 3.26. The number of hydrogen-bond donors (Lipinski definition) is 2. The summed E-state index contributed by atoms with van der Waals surface area (Å²) in [5.41, 5.74) is 2.58. The van der Waals surface area contributed by atoms with E-state index in [1.54, 1.807) is 13.0 Å². The fraction of sp³-hybridized carbons (Fsp3) is 0.292. The van der Waals surface area contributed by atoms with Gasteiger partial charge in [0.05, 0.1) is 28.0 Å². The van der Waals surface area contributed by atoms with Crippen molar-refractivity contribution in [3.8, 4) is 11.4 Å². The van der Waals surface area contributed by atoms with Crippen LogP contribution < -0.4 is 10.8 Å². The number of carbonyl (C=O) groups excluding carboxylic acids is 3. The van der Waals surface area contributed by atoms with Crippen molar-refractivity contribution in [2.24, 2.45) is 0 Å². The van der Waals surface area contributed by atoms with Gasteiger partial charge in [-0.3, -0.25) is 28.9 Å². The molecule has 0 bridgehead atoms. The van der Waals surface area contributed by atoms with E-state index in [0.29, 0.717) is 5.56 Å². The van der Waals surface area contributed by atoms with Gasteiger partial charge in [0.15, 0.2) is 6.10 Å². The van der Waals surface area contributed by atoms with Gasteiger partial charge in [0.25, 0.3) is 24.1 Å². The summed E-state index contributed by atoms with van der Waals surface area (Å²) in [5.74, 6) is -1.94. The second kappa shape index (κ2) is 12.3. The summed E-state index contributed by atoms with van der Waals surface area (Å²) in [6.07, 6.45) is -1.24. The van der Waals surface area contributed by atoms with Crippen molar-refractivity contribution in [3.63, 3.8) is 0 Å². The van der Waals surface area contributed by atoms with E-state index < -0.39 is 30.9 Å². The van der Waals surface area contributed by atoms with Crippen LogP contribution in [0.5, 0.6) is 0 Å². The van der Waals surface area contributed by atoms with Crippen molar-refractivity contribution in [3.05, 3.63) is 63.4 Å². The van der Waals surface area contributed by atoms with Gasteiger partial charge < -0.3 is 10.2 Å². The van der Waals surface area contributed by atoms with Crippen LogP contribution in [0.25, 0.3) is 11.4 Å². The van der Waals surface area contributed by atoms with Crippen LogP contribution in [0.4, 0.5) is 14.5 Å². The molecule has 0 saturated carbocycles. The molecule has 1 unspecified atom stereocenters. The maximum absolute atomic E-state index is 13.4. The molecule has 3 amide bonds. The highest BCUT2D eigenvalue weighted by molar-refractivity contribution is 6.33. The second-order valence-electron chi connectivity index (χ2n) is 8.34. The first-order valence-corrected chi connectivity index (χ1v) is 11.9. The molecule has 0 saturated heterocycles. The number of rotatable bonds is 9. The molecule has 0 aliphatic heterocycles. The standard InChI is InChI=1S/C24H24Cl2F2N6O4/c1-12-8-14(25)9-15(23(36)32-38-13(2)24(37)33(3)4)19(12)31-22(35)16-10-30-34(11-18(27)28)21(16)20-17(26)6-5-7-29-20/h5-10,13,18H,11H2,1-4H3,(H,31,35)(H,32,36). The molecule has 14 heteroatoms. The van der Waals surface area contributed by atoms with Crippen molar-refractivity contribution in [1.29, 1.82) is 0 Å². The van der Waals surface area contributed by atoms with Gasteiger partial charge in [0.2, 0.25) is 0 Å². The van der Waals surface area contributed by atoms with E-state index >= 15 is 0 Å². The summed E-state index contributed by atoms with van der Waals surface area (Å²) in [4.78, 5) is 49.0. The zero-order valence-corrected chi connectivity index (χ0v) is 22.3. The molecule has 38 heavy (non-hydrogen) atoms. The number of hydroxylamine groups is 1. The number of nitrogens with zero attached hydrogens (tertiary/aromatic N) is 4. The molecule has 2 heterocycles. The van der Waals surface area contributed by atoms with Gasteiger partial charge in [-0.25, -0.2) is 14.3 Å². The Morgan fingerprint density at radius 1 is 1.16 bits per heavy atom. The number of nitrogens with one attached hydrogen (secondary N) is 2. The quantitative estimate of drug-likeness (QED) is 0.373. The highest BCUT2D eigenvalue weighted by Crippen LogP contribution is 2.31. The van der Waals surface area contributed by atoms with Gasteiger partial charge in [-0.1, -0.05) is 23.2 Å². The third kappa shape index (κ3) is 6.63. The maximum atomic E-state index is 13.4. The van der Waals surface area contributed by atoms with E-state index in [-0.39, 0.29) is 44.2 Å². The van der Waals surface area contributed by atoms with Crippen LogP contribution >= 0.6 is 23.2 Å². The SMILES string of the molecule is Cc1cc(Cl)cc(C(=O)NOC(C)C(=O)N(C)C)c1NC(=O)c1cnn(CC(F)F)c1-c1ncccc1Cl. The van der Waals surface area contributed by atoms with Gasteiger partial charge >= 0.3 is 0 Å². The van der Waals surface area contributed by atoms with Crippen LogP contribution in [-0.2, 0) is 16.2 Å². The minimum Gasteiger partial charge on any atom is -0.346 e. The molecule has 2 aromatic heterocycles. The van der Waals surface area contributed by atoms with Gasteiger partial charge in [0.1, 0.15) is 17.9 Å². The van der Waals surface area contributed by atoms with Gasteiger partial charge in [0, 0.05) is 25.3 Å². The molecule has 0 spiro atoms. The zero-order chi connectivity index (χ0) is 28.1. The van der Waals surface area contributed by atoms with Gasteiger partial charge in [-0.15, -0.1) is 0 Å². The van der Waals surface area contributed by atoms with Gasteiger partial charge in [-0.05, 0) is 43.7 Å². The predicted molar refractivity (Wildman–Crippen MR) is 137 cm³/mol. The predicted octanol–water partition coefficient (Wildman–Crippen LogP) is 4.22. The third-order valence-corrected chi connectivity index (χ3v) is 5.80. The van der Waals surface area contributed by atoms with E-state index in [1.807, 2.05) is 0 Å². The lowest BCUT2D eigenvalue weighted by Gasteiger charge is -2.18. The van der Waals surface area contributed by atoms with E-state index in [4.69, 9.17) is 28.0 Å². The molecular weight excluding hydrogens is 545 g/mol. The third-order valence-electron chi connectivity index (χ3n) is 5.28. The molecule has 0 aliphatic rings. The normalized spacial score (nSPS) is 11.8. The number of aromatic nitrogens is 3. The molecule has 3 aromatic rings. The minimum absolute atomic E-state index is 0.0228. The van der Waals surface area contributed by atoms with Crippen molar-refractivity contribution in [2.45, 2.75) is 32.9 Å².